The number of carbonyl (C=O) groups excluding carboxylic acids is 2. The number of hydrogen-bond donors (Lipinski definition) is 1. The average Bonchev–Trinajstić information content (AvgIpc) is 3.55. The lowest BCUT2D eigenvalue weighted by atomic mass is 10.1. The summed E-state index contributed by atoms with van der Waals surface area (Å²) >= 11 is 6.83. The molecule has 13 heteroatoms. The summed E-state index contributed by atoms with van der Waals surface area (Å²) in [5, 5.41) is 2.86. The van der Waals surface area contributed by atoms with E-state index in [1.807, 2.05) is 0 Å². The summed E-state index contributed by atoms with van der Waals surface area (Å²) in [7, 11) is 0. The van der Waals surface area contributed by atoms with Crippen LogP contribution in [0.5, 0.6) is 0 Å². The molecule has 38 heavy (non-hydrogen) atoms. The molecule has 3 heterocycles. The predicted molar refractivity (Wildman–Crippen MR) is 139 cm³/mol. The Bertz CT molecular complexity index is 1430. The average molecular weight is 568 g/mol. The molecule has 3 aromatic rings. The maximum atomic E-state index is 13.2. The van der Waals surface area contributed by atoms with Crippen molar-refractivity contribution in [1.29, 1.82) is 0 Å². The van der Waals surface area contributed by atoms with Gasteiger partial charge in [0.05, 0.1) is 27.2 Å². The van der Waals surface area contributed by atoms with Crippen molar-refractivity contribution in [2.24, 2.45) is 0 Å². The molecule has 0 atom stereocenters. The van der Waals surface area contributed by atoms with E-state index in [0.717, 1.165) is 43.1 Å². The minimum Gasteiger partial charge on any atom is -0.368 e. The van der Waals surface area contributed by atoms with Crippen LogP contribution in [0, 0.1) is 0 Å². The monoisotopic (exact) mass is 567 g/mol. The fourth-order valence-electron chi connectivity index (χ4n) is 4.93. The number of anilines is 1. The van der Waals surface area contributed by atoms with Gasteiger partial charge >= 0.3 is 6.18 Å². The molecular weight excluding hydrogens is 543 g/mol. The van der Waals surface area contributed by atoms with Crippen LogP contribution in [0.15, 0.2) is 35.4 Å². The first kappa shape index (κ1) is 26.5. The topological polar surface area (TPSA) is 87.5 Å². The molecule has 0 spiro atoms. The van der Waals surface area contributed by atoms with E-state index < -0.39 is 11.7 Å². The molecule has 2 amide bonds. The zero-order chi connectivity index (χ0) is 27.0. The van der Waals surface area contributed by atoms with E-state index in [-0.39, 0.29) is 40.4 Å². The Hall–Kier alpha value is -3.12. The number of amides is 2. The quantitative estimate of drug-likeness (QED) is 0.500. The number of piperazine rings is 1. The number of alkyl halides is 3. The van der Waals surface area contributed by atoms with Gasteiger partial charge in [-0.1, -0.05) is 24.4 Å². The van der Waals surface area contributed by atoms with Crippen molar-refractivity contribution in [3.8, 4) is 0 Å². The van der Waals surface area contributed by atoms with Crippen LogP contribution in [0.1, 0.15) is 40.9 Å². The lowest BCUT2D eigenvalue weighted by molar-refractivity contribution is -0.137. The van der Waals surface area contributed by atoms with E-state index in [1.165, 1.54) is 29.1 Å². The van der Waals surface area contributed by atoms with Gasteiger partial charge in [0.15, 0.2) is 0 Å². The fourth-order valence-corrected chi connectivity index (χ4v) is 6.11. The van der Waals surface area contributed by atoms with Gasteiger partial charge in [0.25, 0.3) is 11.5 Å². The number of halogens is 4. The first-order valence-corrected chi connectivity index (χ1v) is 13.5. The van der Waals surface area contributed by atoms with E-state index in [2.05, 4.69) is 10.3 Å². The summed E-state index contributed by atoms with van der Waals surface area (Å²) in [6.45, 7) is 1.15. The van der Waals surface area contributed by atoms with Crippen molar-refractivity contribution in [3.63, 3.8) is 0 Å². The fraction of sp³-hybridized carbons (Fsp3) is 0.440. The lowest BCUT2D eigenvalue weighted by Crippen LogP contribution is -2.48. The van der Waals surface area contributed by atoms with Gasteiger partial charge in [0.2, 0.25) is 5.91 Å². The first-order valence-electron chi connectivity index (χ1n) is 12.3. The standard InChI is InChI=1S/C25H25ClF3N5O3S/c26-19-6-5-16(11-18(19)25(27,28)29)32-7-9-33(10-8-32)24(37)20-12-17-22(38-20)30-14-34(23(17)36)13-21(35)31-15-3-1-2-4-15/h5-6,11-12,14-15H,1-4,7-10,13H2,(H,31,35). The Kier molecular flexibility index (Phi) is 7.36. The highest BCUT2D eigenvalue weighted by molar-refractivity contribution is 7.20. The molecule has 2 fully saturated rings. The third-order valence-corrected chi connectivity index (χ3v) is 8.31. The smallest absolute Gasteiger partial charge is 0.368 e. The Balaban J connectivity index is 1.25. The predicted octanol–water partition coefficient (Wildman–Crippen LogP) is 4.15. The molecule has 1 aliphatic heterocycles. The number of aromatic nitrogens is 2. The number of nitrogens with one attached hydrogen (secondary N) is 1. The molecule has 2 aliphatic rings. The van der Waals surface area contributed by atoms with E-state index in [9.17, 15) is 27.6 Å². The number of fused-ring (bicyclic) bond motifs is 1. The van der Waals surface area contributed by atoms with Crippen molar-refractivity contribution in [2.45, 2.75) is 44.4 Å². The summed E-state index contributed by atoms with van der Waals surface area (Å²) in [6, 6.07) is 5.44. The lowest BCUT2D eigenvalue weighted by Gasteiger charge is -2.36. The van der Waals surface area contributed by atoms with Gasteiger partial charge in [-0.3, -0.25) is 19.0 Å². The van der Waals surface area contributed by atoms with Gasteiger partial charge in [-0.05, 0) is 37.1 Å². The third kappa shape index (κ3) is 5.51. The molecule has 5 rings (SSSR count). The van der Waals surface area contributed by atoms with Gasteiger partial charge in [0, 0.05) is 37.9 Å². The van der Waals surface area contributed by atoms with Crippen molar-refractivity contribution in [1.82, 2.24) is 19.8 Å². The van der Waals surface area contributed by atoms with Gasteiger partial charge in [-0.25, -0.2) is 4.98 Å². The second-order valence-corrected chi connectivity index (χ2v) is 10.9. The number of nitrogens with zero attached hydrogens (tertiary/aromatic N) is 4. The van der Waals surface area contributed by atoms with Crippen LogP contribution in [0.3, 0.4) is 0 Å². The second-order valence-electron chi connectivity index (χ2n) is 9.50. The molecule has 0 bridgehead atoms. The van der Waals surface area contributed by atoms with Gasteiger partial charge < -0.3 is 15.1 Å². The van der Waals surface area contributed by atoms with Crippen LogP contribution in [-0.2, 0) is 17.5 Å². The zero-order valence-electron chi connectivity index (χ0n) is 20.3. The Morgan fingerprint density at radius 2 is 1.82 bits per heavy atom. The molecule has 0 unspecified atom stereocenters. The number of rotatable bonds is 5. The highest BCUT2D eigenvalue weighted by Gasteiger charge is 2.34. The van der Waals surface area contributed by atoms with Gasteiger partial charge in [-0.15, -0.1) is 11.3 Å². The van der Waals surface area contributed by atoms with Crippen LogP contribution < -0.4 is 15.8 Å². The summed E-state index contributed by atoms with van der Waals surface area (Å²) in [5.41, 5.74) is -0.896. The highest BCUT2D eigenvalue weighted by atomic mass is 35.5. The summed E-state index contributed by atoms with van der Waals surface area (Å²) in [5.74, 6) is -0.516. The van der Waals surface area contributed by atoms with Crippen molar-refractivity contribution in [2.75, 3.05) is 31.1 Å². The van der Waals surface area contributed by atoms with Crippen molar-refractivity contribution < 1.29 is 22.8 Å². The number of hydrogen-bond acceptors (Lipinski definition) is 6. The van der Waals surface area contributed by atoms with Crippen LogP contribution >= 0.6 is 22.9 Å². The van der Waals surface area contributed by atoms with E-state index >= 15 is 0 Å². The number of thiophene rings is 1. The SMILES string of the molecule is O=C(Cn1cnc2sc(C(=O)N3CCN(c4ccc(Cl)c(C(F)(F)F)c4)CC3)cc2c1=O)NC1CCCC1. The molecular formula is C25H25ClF3N5O3S. The van der Waals surface area contributed by atoms with Gasteiger partial charge in [0.1, 0.15) is 11.4 Å². The summed E-state index contributed by atoms with van der Waals surface area (Å²) in [4.78, 5) is 46.9. The van der Waals surface area contributed by atoms with Crippen LogP contribution in [0.25, 0.3) is 10.2 Å². The minimum atomic E-state index is -4.56. The number of benzene rings is 1. The second kappa shape index (κ2) is 10.6. The normalized spacial score (nSPS) is 16.8. The summed E-state index contributed by atoms with van der Waals surface area (Å²) < 4.78 is 40.9. The molecule has 1 aromatic carbocycles. The molecule has 1 N–H and O–H groups in total. The van der Waals surface area contributed by atoms with Crippen LogP contribution in [0.4, 0.5) is 18.9 Å². The van der Waals surface area contributed by atoms with Crippen molar-refractivity contribution >= 4 is 50.7 Å². The molecule has 2 aromatic heterocycles. The Labute approximate surface area is 225 Å². The van der Waals surface area contributed by atoms with E-state index in [0.29, 0.717) is 41.6 Å². The molecule has 1 saturated carbocycles. The maximum absolute atomic E-state index is 13.2. The summed E-state index contributed by atoms with van der Waals surface area (Å²) in [6.07, 6.45) is 0.813. The molecule has 1 aliphatic carbocycles. The third-order valence-electron chi connectivity index (χ3n) is 6.95. The maximum Gasteiger partial charge on any atom is 0.417 e. The Morgan fingerprint density at radius 1 is 1.11 bits per heavy atom. The van der Waals surface area contributed by atoms with Crippen molar-refractivity contribution in [3.05, 3.63) is 56.4 Å². The molecule has 0 radical (unpaired) electrons. The van der Waals surface area contributed by atoms with Crippen LogP contribution in [0.2, 0.25) is 5.02 Å². The van der Waals surface area contributed by atoms with E-state index in [4.69, 9.17) is 11.6 Å². The van der Waals surface area contributed by atoms with E-state index in [1.54, 1.807) is 9.80 Å². The molecule has 1 saturated heterocycles. The first-order chi connectivity index (χ1) is 18.1. The molecule has 202 valence electrons. The minimum absolute atomic E-state index is 0.139. The van der Waals surface area contributed by atoms with Gasteiger partial charge in [-0.2, -0.15) is 13.2 Å². The highest BCUT2D eigenvalue weighted by Crippen LogP contribution is 2.37. The Morgan fingerprint density at radius 3 is 2.50 bits per heavy atom. The molecule has 8 nitrogen and oxygen atoms in total. The zero-order valence-corrected chi connectivity index (χ0v) is 21.8. The van der Waals surface area contributed by atoms with Crippen LogP contribution in [-0.4, -0.2) is 58.5 Å². The number of carbonyl (C=O) groups is 2. The largest absolute Gasteiger partial charge is 0.417 e.